The molecule has 0 spiro atoms. The molecule has 106 valence electrons. The third-order valence-corrected chi connectivity index (χ3v) is 4.13. The molecule has 1 aromatic rings. The number of amides is 1. The number of fused-ring (bicyclic) bond motifs is 1. The van der Waals surface area contributed by atoms with Crippen LogP contribution in [-0.2, 0) is 10.9 Å². The number of carbonyl (C=O) groups is 1. The number of cyclic esters (lactones) is 1. The summed E-state index contributed by atoms with van der Waals surface area (Å²) in [5, 5.41) is 0. The summed E-state index contributed by atoms with van der Waals surface area (Å²) in [5.74, 6) is 0. The molecule has 2 unspecified atom stereocenters. The first-order valence-corrected chi connectivity index (χ1v) is 6.67. The number of carbonyl (C=O) groups excluding carboxylic acids is 1. The summed E-state index contributed by atoms with van der Waals surface area (Å²) in [6, 6.07) is 2.68. The lowest BCUT2D eigenvalue weighted by Gasteiger charge is -2.23. The Labute approximate surface area is 121 Å². The van der Waals surface area contributed by atoms with Crippen LogP contribution in [0.2, 0.25) is 0 Å². The number of halogens is 4. The van der Waals surface area contributed by atoms with Crippen molar-refractivity contribution in [1.82, 2.24) is 4.90 Å². The second-order valence-corrected chi connectivity index (χ2v) is 5.47. The standard InChI is InChI=1S/C13H9BrF3NO2/c14-10-3-1-7(13(15,16)17)5-9(10)11-4-2-8-6-20-12(19)18(8)11/h1-5,8,11H,6H2. The van der Waals surface area contributed by atoms with Gasteiger partial charge in [0.1, 0.15) is 6.61 Å². The lowest BCUT2D eigenvalue weighted by molar-refractivity contribution is -0.137. The van der Waals surface area contributed by atoms with Crippen molar-refractivity contribution < 1.29 is 22.7 Å². The van der Waals surface area contributed by atoms with Crippen LogP contribution in [0, 0.1) is 0 Å². The number of nitrogens with zero attached hydrogens (tertiary/aromatic N) is 1. The summed E-state index contributed by atoms with van der Waals surface area (Å²) in [6.07, 6.45) is -1.41. The van der Waals surface area contributed by atoms with E-state index in [9.17, 15) is 18.0 Å². The minimum Gasteiger partial charge on any atom is -0.447 e. The fraction of sp³-hybridized carbons (Fsp3) is 0.308. The Morgan fingerprint density at radius 2 is 2.05 bits per heavy atom. The highest BCUT2D eigenvalue weighted by atomic mass is 79.9. The Morgan fingerprint density at radius 3 is 2.75 bits per heavy atom. The molecule has 0 saturated carbocycles. The summed E-state index contributed by atoms with van der Waals surface area (Å²) < 4.78 is 43.8. The average Bonchev–Trinajstić information content (AvgIpc) is 2.92. The highest BCUT2D eigenvalue weighted by Crippen LogP contribution is 2.40. The predicted octanol–water partition coefficient (Wildman–Crippen LogP) is 3.90. The molecule has 2 atom stereocenters. The number of hydrogen-bond acceptors (Lipinski definition) is 2. The largest absolute Gasteiger partial charge is 0.447 e. The predicted molar refractivity (Wildman–Crippen MR) is 68.0 cm³/mol. The van der Waals surface area contributed by atoms with Crippen molar-refractivity contribution in [2.24, 2.45) is 0 Å². The molecule has 2 heterocycles. The number of rotatable bonds is 1. The van der Waals surface area contributed by atoms with Gasteiger partial charge in [-0.2, -0.15) is 13.2 Å². The summed E-state index contributed by atoms with van der Waals surface area (Å²) in [4.78, 5) is 13.1. The van der Waals surface area contributed by atoms with Gasteiger partial charge in [0, 0.05) is 4.47 Å². The van der Waals surface area contributed by atoms with Crippen molar-refractivity contribution in [3.05, 3.63) is 46.0 Å². The van der Waals surface area contributed by atoms with Gasteiger partial charge in [-0.25, -0.2) is 4.79 Å². The number of alkyl halides is 3. The van der Waals surface area contributed by atoms with E-state index in [-0.39, 0.29) is 12.6 Å². The smallest absolute Gasteiger partial charge is 0.416 e. The highest BCUT2D eigenvalue weighted by molar-refractivity contribution is 9.10. The van der Waals surface area contributed by atoms with E-state index < -0.39 is 23.9 Å². The maximum absolute atomic E-state index is 12.8. The minimum atomic E-state index is -4.41. The summed E-state index contributed by atoms with van der Waals surface area (Å²) in [5.41, 5.74) is -0.336. The van der Waals surface area contributed by atoms with Gasteiger partial charge in [-0.3, -0.25) is 4.90 Å². The molecular weight excluding hydrogens is 339 g/mol. The van der Waals surface area contributed by atoms with Gasteiger partial charge in [0.25, 0.3) is 0 Å². The Hall–Kier alpha value is -1.50. The molecule has 3 nitrogen and oxygen atoms in total. The van der Waals surface area contributed by atoms with Gasteiger partial charge in [-0.1, -0.05) is 28.1 Å². The molecule has 1 saturated heterocycles. The highest BCUT2D eigenvalue weighted by Gasteiger charge is 2.41. The molecule has 20 heavy (non-hydrogen) atoms. The summed E-state index contributed by atoms with van der Waals surface area (Å²) in [6.45, 7) is 0.239. The van der Waals surface area contributed by atoms with Crippen LogP contribution in [0.4, 0.5) is 18.0 Å². The van der Waals surface area contributed by atoms with E-state index in [1.165, 1.54) is 11.0 Å². The Kier molecular flexibility index (Phi) is 3.04. The van der Waals surface area contributed by atoms with Crippen LogP contribution in [0.3, 0.4) is 0 Å². The fourth-order valence-electron chi connectivity index (χ4n) is 2.44. The third kappa shape index (κ3) is 2.09. The van der Waals surface area contributed by atoms with Crippen molar-refractivity contribution in [2.45, 2.75) is 18.3 Å². The Balaban J connectivity index is 2.02. The number of benzene rings is 1. The lowest BCUT2D eigenvalue weighted by Crippen LogP contribution is -2.31. The van der Waals surface area contributed by atoms with Crippen molar-refractivity contribution in [3.8, 4) is 0 Å². The maximum Gasteiger partial charge on any atom is 0.416 e. The first kappa shape index (κ1) is 13.5. The molecule has 1 amide bonds. The van der Waals surface area contributed by atoms with E-state index in [0.29, 0.717) is 10.0 Å². The first-order valence-electron chi connectivity index (χ1n) is 5.88. The van der Waals surface area contributed by atoms with Crippen molar-refractivity contribution in [2.75, 3.05) is 6.61 Å². The molecule has 1 aromatic carbocycles. The van der Waals surface area contributed by atoms with E-state index >= 15 is 0 Å². The van der Waals surface area contributed by atoms with Gasteiger partial charge in [0.2, 0.25) is 0 Å². The van der Waals surface area contributed by atoms with Crippen LogP contribution in [0.1, 0.15) is 17.2 Å². The second kappa shape index (κ2) is 4.51. The average molecular weight is 348 g/mol. The molecule has 3 rings (SSSR count). The normalized spacial score (nSPS) is 25.0. The fourth-order valence-corrected chi connectivity index (χ4v) is 2.92. The molecular formula is C13H9BrF3NO2. The minimum absolute atomic E-state index is 0.200. The van der Waals surface area contributed by atoms with Gasteiger partial charge < -0.3 is 4.74 Å². The van der Waals surface area contributed by atoms with E-state index in [1.54, 1.807) is 12.2 Å². The van der Waals surface area contributed by atoms with Crippen LogP contribution >= 0.6 is 15.9 Å². The summed E-state index contributed by atoms with van der Waals surface area (Å²) >= 11 is 3.24. The van der Waals surface area contributed by atoms with Gasteiger partial charge in [0.15, 0.2) is 0 Å². The van der Waals surface area contributed by atoms with Gasteiger partial charge in [-0.05, 0) is 23.8 Å². The van der Waals surface area contributed by atoms with E-state index in [1.807, 2.05) is 0 Å². The van der Waals surface area contributed by atoms with Crippen LogP contribution in [0.15, 0.2) is 34.8 Å². The third-order valence-electron chi connectivity index (χ3n) is 3.40. The maximum atomic E-state index is 12.8. The SMILES string of the molecule is O=C1OCC2C=CC(c3cc(C(F)(F)F)ccc3Br)N12. The Bertz CT molecular complexity index is 600. The van der Waals surface area contributed by atoms with E-state index in [2.05, 4.69) is 15.9 Å². The Morgan fingerprint density at radius 1 is 1.30 bits per heavy atom. The zero-order chi connectivity index (χ0) is 14.5. The molecule has 2 aliphatic heterocycles. The molecule has 7 heteroatoms. The molecule has 0 bridgehead atoms. The number of ether oxygens (including phenoxy) is 1. The van der Waals surface area contributed by atoms with Crippen LogP contribution < -0.4 is 0 Å². The number of hydrogen-bond donors (Lipinski definition) is 0. The van der Waals surface area contributed by atoms with Crippen molar-refractivity contribution >= 4 is 22.0 Å². The first-order chi connectivity index (χ1) is 9.38. The van der Waals surface area contributed by atoms with Gasteiger partial charge in [0.05, 0.1) is 17.6 Å². The molecule has 0 radical (unpaired) electrons. The second-order valence-electron chi connectivity index (χ2n) is 4.62. The molecule has 0 aromatic heterocycles. The van der Waals surface area contributed by atoms with Crippen LogP contribution in [-0.4, -0.2) is 23.6 Å². The lowest BCUT2D eigenvalue weighted by atomic mass is 10.0. The van der Waals surface area contributed by atoms with E-state index in [4.69, 9.17) is 4.74 Å². The molecule has 0 aliphatic carbocycles. The monoisotopic (exact) mass is 347 g/mol. The van der Waals surface area contributed by atoms with Gasteiger partial charge in [-0.15, -0.1) is 0 Å². The van der Waals surface area contributed by atoms with Crippen LogP contribution in [0.25, 0.3) is 0 Å². The molecule has 1 fully saturated rings. The quantitative estimate of drug-likeness (QED) is 0.721. The van der Waals surface area contributed by atoms with E-state index in [0.717, 1.165) is 12.1 Å². The summed E-state index contributed by atoms with van der Waals surface area (Å²) in [7, 11) is 0. The zero-order valence-corrected chi connectivity index (χ0v) is 11.6. The topological polar surface area (TPSA) is 29.5 Å². The van der Waals surface area contributed by atoms with Crippen LogP contribution in [0.5, 0.6) is 0 Å². The van der Waals surface area contributed by atoms with Crippen molar-refractivity contribution in [1.29, 1.82) is 0 Å². The van der Waals surface area contributed by atoms with Crippen molar-refractivity contribution in [3.63, 3.8) is 0 Å². The zero-order valence-electron chi connectivity index (χ0n) is 10.0. The molecule has 0 N–H and O–H groups in total. The molecule has 2 aliphatic rings. The van der Waals surface area contributed by atoms with Gasteiger partial charge >= 0.3 is 12.3 Å².